The first-order valence-corrected chi connectivity index (χ1v) is 35.7. The van der Waals surface area contributed by atoms with Crippen LogP contribution in [0.4, 0.5) is 0 Å². The number of benzene rings is 13. The summed E-state index contributed by atoms with van der Waals surface area (Å²) in [5, 5.41) is 6.95. The molecule has 6 heterocycles. The molecule has 460 valence electrons. The molecule has 0 radical (unpaired) electrons. The Hall–Kier alpha value is -11.8. The van der Waals surface area contributed by atoms with Crippen LogP contribution in [-0.2, 0) is 0 Å². The zero-order chi connectivity index (χ0) is 64.9. The maximum atomic E-state index is 5.33. The summed E-state index contributed by atoms with van der Waals surface area (Å²) in [5.41, 5.74) is 21.3. The molecule has 13 aromatic carbocycles. The molecule has 0 aliphatic carbocycles. The van der Waals surface area contributed by atoms with Crippen molar-refractivity contribution >= 4 is 106 Å². The van der Waals surface area contributed by atoms with Crippen LogP contribution in [-0.4, -0.2) is 29.9 Å². The van der Waals surface area contributed by atoms with E-state index in [9.17, 15) is 0 Å². The third-order valence-electron chi connectivity index (χ3n) is 17.9. The lowest BCUT2D eigenvalue weighted by Crippen LogP contribution is -1.96. The van der Waals surface area contributed by atoms with Crippen molar-refractivity contribution in [2.75, 3.05) is 0 Å². The second-order valence-corrected chi connectivity index (χ2v) is 28.2. The number of hydrogen-bond donors (Lipinski definition) is 0. The van der Waals surface area contributed by atoms with E-state index in [0.717, 1.165) is 93.9 Å². The molecule has 0 unspecified atom stereocenters. The Morgan fingerprint density at radius 2 is 0.531 bits per heavy atom. The first-order valence-electron chi connectivity index (χ1n) is 32.5. The second-order valence-electron chi connectivity index (χ2n) is 24.0. The standard InChI is InChI=1S/C47H29N3S2.C41H25N3S2/c1-3-12-30(13-4-1)32-24-26-33(27-25-32)40-29-41(49-46(48-40)35-17-9-16-34(28-35)31-14-5-2-6-15-31)36-18-11-23-43-44(36)37-19-10-20-38(45(37)51-43)47-50-39-21-7-8-22-42(39)52-47;1-3-12-26(13-4-1)28-16-9-17-29(24-28)34-25-35(43-40(42-34)27-14-5-2-6-15-27)30-18-11-23-37-38(30)31-19-10-20-32(39(31)45-37)41-44-33-21-7-8-22-36(33)46-41/h1-29H;1-25H. The third kappa shape index (κ3) is 11.2. The second kappa shape index (κ2) is 25.4. The lowest BCUT2D eigenvalue weighted by atomic mass is 9.99. The Kier molecular flexibility index (Phi) is 15.3. The van der Waals surface area contributed by atoms with Crippen molar-refractivity contribution in [1.29, 1.82) is 0 Å². The van der Waals surface area contributed by atoms with E-state index in [0.29, 0.717) is 11.6 Å². The van der Waals surface area contributed by atoms with Crippen LogP contribution in [0.3, 0.4) is 0 Å². The van der Waals surface area contributed by atoms with Gasteiger partial charge in [0.15, 0.2) is 11.6 Å². The van der Waals surface area contributed by atoms with E-state index in [-0.39, 0.29) is 0 Å². The van der Waals surface area contributed by atoms with Crippen molar-refractivity contribution in [3.63, 3.8) is 0 Å². The minimum atomic E-state index is 0.698. The average Bonchev–Trinajstić information content (AvgIpc) is 1.58. The molecule has 0 spiro atoms. The van der Waals surface area contributed by atoms with Crippen LogP contribution in [0.1, 0.15) is 0 Å². The van der Waals surface area contributed by atoms with Gasteiger partial charge in [0, 0.05) is 84.9 Å². The molecule has 0 saturated carbocycles. The minimum absolute atomic E-state index is 0.698. The first kappa shape index (κ1) is 58.8. The van der Waals surface area contributed by atoms with Gasteiger partial charge in [-0.25, -0.2) is 29.9 Å². The van der Waals surface area contributed by atoms with E-state index in [4.69, 9.17) is 29.9 Å². The van der Waals surface area contributed by atoms with Crippen LogP contribution in [0, 0.1) is 0 Å². The van der Waals surface area contributed by atoms with Crippen molar-refractivity contribution in [3.05, 3.63) is 328 Å². The van der Waals surface area contributed by atoms with E-state index in [1.807, 2.05) is 59.1 Å². The maximum absolute atomic E-state index is 5.33. The topological polar surface area (TPSA) is 77.3 Å². The van der Waals surface area contributed by atoms with E-state index in [2.05, 4.69) is 291 Å². The molecule has 19 rings (SSSR count). The highest BCUT2D eigenvalue weighted by atomic mass is 32.1. The fraction of sp³-hybridized carbons (Fsp3) is 0. The van der Waals surface area contributed by atoms with Gasteiger partial charge in [0.2, 0.25) is 0 Å². The SMILES string of the molecule is c1ccc(-c2ccc(-c3cc(-c4cccc5sc6c(-c7nc8ccccc8s7)cccc6c45)nc(-c4cccc(-c5ccccc5)c4)n3)cc2)cc1.c1ccc(-c2cccc(-c3cc(-c4cccc5sc6c(-c7nc8ccccc8s7)cccc6c45)nc(-c4ccccc4)n3)c2)cc1. The molecule has 0 amide bonds. The van der Waals surface area contributed by atoms with Gasteiger partial charge in [0.1, 0.15) is 10.0 Å². The van der Waals surface area contributed by atoms with Crippen molar-refractivity contribution in [3.8, 4) is 122 Å². The monoisotopic (exact) mass is 1320 g/mol. The Bertz CT molecular complexity index is 6110. The predicted octanol–water partition coefficient (Wildman–Crippen LogP) is 25.2. The highest BCUT2D eigenvalue weighted by Crippen LogP contribution is 2.48. The van der Waals surface area contributed by atoms with Gasteiger partial charge in [-0.3, -0.25) is 0 Å². The first-order chi connectivity index (χ1) is 48.5. The molecular formula is C88H54N6S4. The number of fused-ring (bicyclic) bond motifs is 8. The van der Waals surface area contributed by atoms with E-state index in [1.165, 1.54) is 77.6 Å². The molecule has 0 atom stereocenters. The lowest BCUT2D eigenvalue weighted by molar-refractivity contribution is 1.18. The fourth-order valence-corrected chi connectivity index (χ4v) is 17.8. The van der Waals surface area contributed by atoms with Gasteiger partial charge in [-0.15, -0.1) is 45.3 Å². The minimum Gasteiger partial charge on any atom is -0.236 e. The number of thiophene rings is 2. The van der Waals surface area contributed by atoms with Crippen molar-refractivity contribution < 1.29 is 0 Å². The Morgan fingerprint density at radius 1 is 0.194 bits per heavy atom. The fourth-order valence-electron chi connectivity index (χ4n) is 13.2. The highest BCUT2D eigenvalue weighted by molar-refractivity contribution is 7.28. The van der Waals surface area contributed by atoms with Gasteiger partial charge < -0.3 is 0 Å². The van der Waals surface area contributed by atoms with Crippen LogP contribution in [0.25, 0.3) is 183 Å². The quantitative estimate of drug-likeness (QED) is 0.128. The zero-order valence-corrected chi connectivity index (χ0v) is 55.8. The molecule has 19 aromatic rings. The molecular weight excluding hydrogens is 1270 g/mol. The number of hydrogen-bond acceptors (Lipinski definition) is 10. The average molecular weight is 1320 g/mol. The number of thiazole rings is 2. The van der Waals surface area contributed by atoms with Gasteiger partial charge in [-0.05, 0) is 94.0 Å². The summed E-state index contributed by atoms with van der Waals surface area (Å²) in [6, 6.07) is 115. The summed E-state index contributed by atoms with van der Waals surface area (Å²) in [7, 11) is 0. The summed E-state index contributed by atoms with van der Waals surface area (Å²) in [5.74, 6) is 1.41. The summed E-state index contributed by atoms with van der Waals surface area (Å²) in [4.78, 5) is 30.9. The number of rotatable bonds is 11. The van der Waals surface area contributed by atoms with Gasteiger partial charge in [0.25, 0.3) is 0 Å². The summed E-state index contributed by atoms with van der Waals surface area (Å²) in [6.45, 7) is 0. The van der Waals surface area contributed by atoms with Crippen LogP contribution >= 0.6 is 45.3 Å². The van der Waals surface area contributed by atoms with Crippen molar-refractivity contribution in [2.45, 2.75) is 0 Å². The molecule has 0 aliphatic rings. The van der Waals surface area contributed by atoms with Gasteiger partial charge >= 0.3 is 0 Å². The number of nitrogens with zero attached hydrogens (tertiary/aromatic N) is 6. The van der Waals surface area contributed by atoms with E-state index in [1.54, 1.807) is 22.7 Å². The Morgan fingerprint density at radius 3 is 1.03 bits per heavy atom. The molecule has 98 heavy (non-hydrogen) atoms. The summed E-state index contributed by atoms with van der Waals surface area (Å²) < 4.78 is 7.34. The molecule has 6 nitrogen and oxygen atoms in total. The molecule has 10 heteroatoms. The van der Waals surface area contributed by atoms with Crippen LogP contribution in [0.15, 0.2) is 328 Å². The largest absolute Gasteiger partial charge is 0.236 e. The van der Waals surface area contributed by atoms with E-state index >= 15 is 0 Å². The molecule has 0 saturated heterocycles. The van der Waals surface area contributed by atoms with Gasteiger partial charge in [-0.1, -0.05) is 267 Å². The van der Waals surface area contributed by atoms with Crippen LogP contribution in [0.5, 0.6) is 0 Å². The molecule has 6 aromatic heterocycles. The van der Waals surface area contributed by atoms with Gasteiger partial charge in [0.05, 0.1) is 43.2 Å². The third-order valence-corrected chi connectivity index (χ3v) is 22.5. The van der Waals surface area contributed by atoms with E-state index < -0.39 is 0 Å². The number of para-hydroxylation sites is 2. The highest BCUT2D eigenvalue weighted by Gasteiger charge is 2.22. The van der Waals surface area contributed by atoms with Gasteiger partial charge in [-0.2, -0.15) is 0 Å². The Labute approximate surface area is 581 Å². The number of aromatic nitrogens is 6. The summed E-state index contributed by atoms with van der Waals surface area (Å²) >= 11 is 7.15. The van der Waals surface area contributed by atoms with Crippen LogP contribution < -0.4 is 0 Å². The normalized spacial score (nSPS) is 11.5. The molecule has 0 N–H and O–H groups in total. The molecule has 0 fully saturated rings. The lowest BCUT2D eigenvalue weighted by Gasteiger charge is -2.12. The van der Waals surface area contributed by atoms with Crippen molar-refractivity contribution in [2.24, 2.45) is 0 Å². The smallest absolute Gasteiger partial charge is 0.160 e. The van der Waals surface area contributed by atoms with Crippen LogP contribution in [0.2, 0.25) is 0 Å². The zero-order valence-electron chi connectivity index (χ0n) is 52.5. The Balaban J connectivity index is 0.000000143. The molecule has 0 aliphatic heterocycles. The van der Waals surface area contributed by atoms with Crippen molar-refractivity contribution in [1.82, 2.24) is 29.9 Å². The predicted molar refractivity (Wildman–Crippen MR) is 416 cm³/mol. The maximum Gasteiger partial charge on any atom is 0.160 e. The summed E-state index contributed by atoms with van der Waals surface area (Å²) in [6.07, 6.45) is 0. The molecule has 0 bridgehead atoms.